The summed E-state index contributed by atoms with van der Waals surface area (Å²) in [6.07, 6.45) is 3.55. The predicted molar refractivity (Wildman–Crippen MR) is 205 cm³/mol. The number of para-hydroxylation sites is 2. The van der Waals surface area contributed by atoms with Gasteiger partial charge in [-0.2, -0.15) is 11.3 Å². The normalized spacial score (nSPS) is 11.4. The van der Waals surface area contributed by atoms with Gasteiger partial charge in [-0.3, -0.25) is 4.98 Å². The Morgan fingerprint density at radius 2 is 1.54 bits per heavy atom. The van der Waals surface area contributed by atoms with Gasteiger partial charge in [0.25, 0.3) is 0 Å². The summed E-state index contributed by atoms with van der Waals surface area (Å²) in [6.45, 7) is 0. The van der Waals surface area contributed by atoms with E-state index in [9.17, 15) is 4.39 Å². The van der Waals surface area contributed by atoms with Crippen LogP contribution in [-0.4, -0.2) is 32.8 Å². The minimum absolute atomic E-state index is 0. The average Bonchev–Trinajstić information content (AvgIpc) is 3.71. The smallest absolute Gasteiger partial charge is 0 e. The SMILES string of the molecule is Fc1ccnc2sc3c(-c4nc5ccccc5n4-c4cccc5ccccc45)[c-]ccc3c12.[CH3][Ge]([CH3])([CH3])[c]1ccc(-c2[c-]cccc2)nc1.[Ir]. The summed E-state index contributed by atoms with van der Waals surface area (Å²) in [4.78, 5) is 14.7. The number of pyridine rings is 2. The van der Waals surface area contributed by atoms with E-state index in [1.807, 2.05) is 66.9 Å². The predicted octanol–water partition coefficient (Wildman–Crippen LogP) is 10.6. The van der Waals surface area contributed by atoms with Crippen LogP contribution in [0.3, 0.4) is 0 Å². The van der Waals surface area contributed by atoms with E-state index in [4.69, 9.17) is 4.98 Å². The van der Waals surface area contributed by atoms with Gasteiger partial charge in [0, 0.05) is 42.8 Å². The molecule has 247 valence electrons. The largest absolute Gasteiger partial charge is 0 e. The van der Waals surface area contributed by atoms with E-state index in [2.05, 4.69) is 98.5 Å². The number of aromatic nitrogens is 4. The number of imidazole rings is 1. The molecule has 0 aliphatic heterocycles. The second kappa shape index (κ2) is 14.0. The molecule has 0 aliphatic carbocycles. The molecule has 0 bridgehead atoms. The molecule has 0 aliphatic rings. The number of rotatable bonds is 4. The van der Waals surface area contributed by atoms with Gasteiger partial charge < -0.3 is 4.57 Å². The standard InChI is InChI=1S/C28H15FN3S.C14H16GeN.Ir/c29-21-15-16-30-28-25(21)19-10-6-11-20(26(19)33-28)27-31-22-12-3-4-13-24(22)32(27)23-14-5-8-17-7-1-2-9-18(17)23;1-15(2,3)13-9-10-14(16-11-13)12-7-5-4-6-8-12;/h1-10,12-16H;4-7,9-11H,1-3H3;/q2*-1;. The van der Waals surface area contributed by atoms with Gasteiger partial charge in [-0.15, -0.1) is 18.2 Å². The first-order valence-electron chi connectivity index (χ1n) is 16.1. The summed E-state index contributed by atoms with van der Waals surface area (Å²) in [6, 6.07) is 46.8. The molecular weight excluding hydrogens is 876 g/mol. The van der Waals surface area contributed by atoms with Crippen molar-refractivity contribution < 1.29 is 24.5 Å². The Kier molecular flexibility index (Phi) is 9.51. The van der Waals surface area contributed by atoms with Gasteiger partial charge in [0.05, 0.1) is 16.9 Å². The van der Waals surface area contributed by atoms with Crippen molar-refractivity contribution in [3.8, 4) is 28.3 Å². The van der Waals surface area contributed by atoms with Crippen LogP contribution in [0.4, 0.5) is 4.39 Å². The Balaban J connectivity index is 0.000000196. The number of nitrogens with zero attached hydrogens (tertiary/aromatic N) is 4. The van der Waals surface area contributed by atoms with Crippen LogP contribution in [0.2, 0.25) is 17.3 Å². The molecular formula is C42H31FGeIrN4S-2. The molecule has 0 unspecified atom stereocenters. The topological polar surface area (TPSA) is 43.6 Å². The van der Waals surface area contributed by atoms with Crippen molar-refractivity contribution in [1.29, 1.82) is 0 Å². The van der Waals surface area contributed by atoms with E-state index in [0.717, 1.165) is 60.2 Å². The monoisotopic (exact) mass is 909 g/mol. The quantitative estimate of drug-likeness (QED) is 0.131. The maximum Gasteiger partial charge on any atom is 0 e. The molecule has 0 fully saturated rings. The van der Waals surface area contributed by atoms with Crippen LogP contribution in [0, 0.1) is 17.9 Å². The van der Waals surface area contributed by atoms with E-state index in [-0.39, 0.29) is 25.9 Å². The van der Waals surface area contributed by atoms with E-state index in [0.29, 0.717) is 10.2 Å². The summed E-state index contributed by atoms with van der Waals surface area (Å²) < 4.78 is 19.3. The third-order valence-corrected chi connectivity index (χ3v) is 14.1. The maximum absolute atomic E-state index is 14.7. The van der Waals surface area contributed by atoms with E-state index in [1.54, 1.807) is 0 Å². The van der Waals surface area contributed by atoms with Crippen LogP contribution < -0.4 is 4.40 Å². The number of thiophene rings is 1. The number of benzene rings is 5. The van der Waals surface area contributed by atoms with Crippen molar-refractivity contribution in [3.05, 3.63) is 152 Å². The first-order valence-corrected chi connectivity index (χ1v) is 24.3. The van der Waals surface area contributed by atoms with Crippen molar-refractivity contribution in [3.63, 3.8) is 0 Å². The van der Waals surface area contributed by atoms with Crippen molar-refractivity contribution in [2.24, 2.45) is 0 Å². The number of fused-ring (bicyclic) bond motifs is 5. The molecule has 4 heterocycles. The first kappa shape index (κ1) is 33.9. The van der Waals surface area contributed by atoms with Crippen LogP contribution in [0.5, 0.6) is 0 Å². The van der Waals surface area contributed by atoms with Crippen LogP contribution in [0.25, 0.3) is 70.4 Å². The molecule has 50 heavy (non-hydrogen) atoms. The second-order valence-corrected chi connectivity index (χ2v) is 24.5. The van der Waals surface area contributed by atoms with E-state index in [1.165, 1.54) is 28.0 Å². The van der Waals surface area contributed by atoms with Crippen LogP contribution in [-0.2, 0) is 20.1 Å². The summed E-state index contributed by atoms with van der Waals surface area (Å²) in [5, 5.41) is 3.70. The van der Waals surface area contributed by atoms with Gasteiger partial charge in [-0.1, -0.05) is 59.5 Å². The fourth-order valence-corrected chi connectivity index (χ4v) is 9.50. The van der Waals surface area contributed by atoms with Gasteiger partial charge in [0.2, 0.25) is 0 Å². The zero-order valence-corrected chi connectivity index (χ0v) is 32.9. The van der Waals surface area contributed by atoms with Gasteiger partial charge >= 0.3 is 99.8 Å². The average molecular weight is 908 g/mol. The molecule has 8 heteroatoms. The molecule has 0 saturated carbocycles. The Morgan fingerprint density at radius 1 is 0.740 bits per heavy atom. The Bertz CT molecular complexity index is 2610. The molecule has 4 aromatic heterocycles. The second-order valence-electron chi connectivity index (χ2n) is 12.9. The van der Waals surface area contributed by atoms with Crippen molar-refractivity contribution in [2.75, 3.05) is 0 Å². The number of hydrogen-bond donors (Lipinski definition) is 0. The van der Waals surface area contributed by atoms with E-state index < -0.39 is 13.3 Å². The Labute approximate surface area is 310 Å². The molecule has 0 N–H and O–H groups in total. The number of hydrogen-bond acceptors (Lipinski definition) is 4. The minimum Gasteiger partial charge on any atom is 0 e. The molecule has 4 nitrogen and oxygen atoms in total. The third-order valence-electron chi connectivity index (χ3n) is 8.69. The molecule has 1 radical (unpaired) electrons. The Morgan fingerprint density at radius 3 is 2.34 bits per heavy atom. The van der Waals surface area contributed by atoms with Crippen LogP contribution >= 0.6 is 11.3 Å². The van der Waals surface area contributed by atoms with Crippen LogP contribution in [0.1, 0.15) is 0 Å². The van der Waals surface area contributed by atoms with Gasteiger partial charge in [-0.25, -0.2) is 9.37 Å². The van der Waals surface area contributed by atoms with Gasteiger partial charge in [-0.05, 0) is 34.4 Å². The molecule has 9 rings (SSSR count). The summed E-state index contributed by atoms with van der Waals surface area (Å²) in [5.41, 5.74) is 5.88. The third kappa shape index (κ3) is 6.31. The van der Waals surface area contributed by atoms with Crippen LogP contribution in [0.15, 0.2) is 134 Å². The van der Waals surface area contributed by atoms with Crippen molar-refractivity contribution in [1.82, 2.24) is 19.5 Å². The fourth-order valence-electron chi connectivity index (χ4n) is 6.18. The van der Waals surface area contributed by atoms with Gasteiger partial charge in [0.1, 0.15) is 10.6 Å². The van der Waals surface area contributed by atoms with Gasteiger partial charge in [0.15, 0.2) is 0 Å². The zero-order chi connectivity index (χ0) is 33.5. The van der Waals surface area contributed by atoms with E-state index >= 15 is 0 Å². The fraction of sp³-hybridized carbons (Fsp3) is 0.0714. The molecule has 0 spiro atoms. The Hall–Kier alpha value is -4.53. The minimum atomic E-state index is -1.72. The zero-order valence-electron chi connectivity index (χ0n) is 27.6. The summed E-state index contributed by atoms with van der Waals surface area (Å²) in [7, 11) is 0. The van der Waals surface area contributed by atoms with Crippen molar-refractivity contribution >= 4 is 71.1 Å². The number of halogens is 1. The molecule has 5 aromatic carbocycles. The molecule has 0 amide bonds. The molecule has 0 saturated heterocycles. The summed E-state index contributed by atoms with van der Waals surface area (Å²) in [5.74, 6) is 7.67. The molecule has 9 aromatic rings. The maximum atomic E-state index is 14.7. The molecule has 0 atom stereocenters. The van der Waals surface area contributed by atoms with Crippen molar-refractivity contribution in [2.45, 2.75) is 17.3 Å². The summed E-state index contributed by atoms with van der Waals surface area (Å²) >= 11 is -0.237. The first-order chi connectivity index (χ1) is 23.9.